The summed E-state index contributed by atoms with van der Waals surface area (Å²) in [4.78, 5) is 13.1. The molecular weight excluding hydrogens is 220 g/mol. The fraction of sp³-hybridized carbons (Fsp3) is 0.667. The van der Waals surface area contributed by atoms with E-state index >= 15 is 0 Å². The molecule has 0 saturated carbocycles. The van der Waals surface area contributed by atoms with E-state index in [0.717, 1.165) is 17.0 Å². The number of aryl methyl sites for hydroxylation is 2. The second-order valence-electron chi connectivity index (χ2n) is 4.68. The summed E-state index contributed by atoms with van der Waals surface area (Å²) in [6.07, 6.45) is 0. The summed E-state index contributed by atoms with van der Waals surface area (Å²) >= 11 is 0. The lowest BCUT2D eigenvalue weighted by atomic mass is 10.0. The van der Waals surface area contributed by atoms with Crippen LogP contribution in [-0.4, -0.2) is 33.2 Å². The quantitative estimate of drug-likeness (QED) is 0.852. The van der Waals surface area contributed by atoms with E-state index in [1.54, 1.807) is 13.8 Å². The van der Waals surface area contributed by atoms with Gasteiger partial charge in [-0.25, -0.2) is 0 Å². The third kappa shape index (κ3) is 2.66. The number of hydrogen-bond donors (Lipinski definition) is 1. The summed E-state index contributed by atoms with van der Waals surface area (Å²) < 4.78 is 5.09. The molecule has 0 unspecified atom stereocenters. The molecule has 5 nitrogen and oxygen atoms in total. The Morgan fingerprint density at radius 3 is 2.41 bits per heavy atom. The Kier molecular flexibility index (Phi) is 3.93. The molecule has 1 aromatic rings. The van der Waals surface area contributed by atoms with Crippen LogP contribution in [0.1, 0.15) is 37.8 Å². The van der Waals surface area contributed by atoms with Crippen LogP contribution in [0.2, 0.25) is 0 Å². The van der Waals surface area contributed by atoms with Gasteiger partial charge in [0.2, 0.25) is 0 Å². The Balaban J connectivity index is 2.95. The largest absolute Gasteiger partial charge is 0.480 e. The van der Waals surface area contributed by atoms with E-state index < -0.39 is 11.5 Å². The molecule has 5 heteroatoms. The van der Waals surface area contributed by atoms with Gasteiger partial charge in [-0.15, -0.1) is 0 Å². The highest BCUT2D eigenvalue weighted by Crippen LogP contribution is 2.21. The van der Waals surface area contributed by atoms with Gasteiger partial charge in [0.05, 0.1) is 5.69 Å². The van der Waals surface area contributed by atoms with Crippen molar-refractivity contribution in [3.05, 3.63) is 17.0 Å². The topological polar surface area (TPSA) is 66.6 Å². The smallest absolute Gasteiger partial charge is 0.323 e. The molecule has 0 saturated heterocycles. The minimum Gasteiger partial charge on any atom is -0.480 e. The highest BCUT2D eigenvalue weighted by atomic mass is 16.5. The predicted octanol–water partition coefficient (Wildman–Crippen LogP) is 1.98. The maximum Gasteiger partial charge on any atom is 0.323 e. The molecule has 1 rings (SSSR count). The first-order chi connectivity index (χ1) is 7.80. The summed E-state index contributed by atoms with van der Waals surface area (Å²) in [6.45, 7) is 10.3. The second-order valence-corrected chi connectivity index (χ2v) is 4.68. The number of carboxylic acids is 1. The molecule has 0 spiro atoms. The van der Waals surface area contributed by atoms with Crippen LogP contribution in [0.15, 0.2) is 4.52 Å². The zero-order valence-electron chi connectivity index (χ0n) is 11.1. The monoisotopic (exact) mass is 240 g/mol. The molecular formula is C12H20N2O3. The molecule has 0 bridgehead atoms. The third-order valence-corrected chi connectivity index (χ3v) is 3.23. The number of nitrogens with zero attached hydrogens (tertiary/aromatic N) is 2. The fourth-order valence-corrected chi connectivity index (χ4v) is 1.76. The van der Waals surface area contributed by atoms with Crippen molar-refractivity contribution in [2.45, 2.75) is 46.7 Å². The minimum absolute atomic E-state index is 0.539. The van der Waals surface area contributed by atoms with Crippen molar-refractivity contribution in [2.75, 3.05) is 6.54 Å². The van der Waals surface area contributed by atoms with Gasteiger partial charge in [-0.3, -0.25) is 9.69 Å². The van der Waals surface area contributed by atoms with Gasteiger partial charge in [0, 0.05) is 12.1 Å². The molecule has 0 fully saturated rings. The summed E-state index contributed by atoms with van der Waals surface area (Å²) in [5.74, 6) is -0.0757. The molecule has 0 aromatic carbocycles. The van der Waals surface area contributed by atoms with Crippen LogP contribution >= 0.6 is 0 Å². The van der Waals surface area contributed by atoms with Gasteiger partial charge in [0.25, 0.3) is 0 Å². The Bertz CT molecular complexity index is 390. The molecule has 1 heterocycles. The first-order valence-electron chi connectivity index (χ1n) is 5.70. The van der Waals surface area contributed by atoms with Crippen molar-refractivity contribution in [1.29, 1.82) is 0 Å². The number of rotatable bonds is 5. The van der Waals surface area contributed by atoms with E-state index in [2.05, 4.69) is 5.16 Å². The van der Waals surface area contributed by atoms with Gasteiger partial charge >= 0.3 is 5.97 Å². The van der Waals surface area contributed by atoms with Crippen molar-refractivity contribution in [1.82, 2.24) is 10.1 Å². The zero-order valence-corrected chi connectivity index (χ0v) is 11.1. The molecule has 1 aromatic heterocycles. The van der Waals surface area contributed by atoms with Gasteiger partial charge in [-0.1, -0.05) is 12.1 Å². The first-order valence-corrected chi connectivity index (χ1v) is 5.70. The van der Waals surface area contributed by atoms with Gasteiger partial charge < -0.3 is 9.63 Å². The highest BCUT2D eigenvalue weighted by Gasteiger charge is 2.34. The van der Waals surface area contributed by atoms with E-state index in [4.69, 9.17) is 4.52 Å². The molecule has 1 N–H and O–H groups in total. The van der Waals surface area contributed by atoms with Crippen LogP contribution in [0.25, 0.3) is 0 Å². The van der Waals surface area contributed by atoms with Crippen LogP contribution in [0.4, 0.5) is 0 Å². The Hall–Kier alpha value is -1.36. The molecule has 17 heavy (non-hydrogen) atoms. The molecule has 0 aliphatic rings. The Morgan fingerprint density at radius 2 is 2.06 bits per heavy atom. The van der Waals surface area contributed by atoms with Crippen LogP contribution in [0.3, 0.4) is 0 Å². The van der Waals surface area contributed by atoms with Crippen LogP contribution in [0, 0.1) is 13.8 Å². The number of likely N-dealkylation sites (N-methyl/N-ethyl adjacent to an activating group) is 1. The Labute approximate surface area is 101 Å². The van der Waals surface area contributed by atoms with E-state index in [9.17, 15) is 9.90 Å². The number of aromatic nitrogens is 1. The summed E-state index contributed by atoms with van der Waals surface area (Å²) in [7, 11) is 0. The number of carboxylic acid groups (broad SMARTS) is 1. The van der Waals surface area contributed by atoms with E-state index in [-0.39, 0.29) is 0 Å². The van der Waals surface area contributed by atoms with Crippen LogP contribution in [-0.2, 0) is 11.3 Å². The third-order valence-electron chi connectivity index (χ3n) is 3.23. The Morgan fingerprint density at radius 1 is 1.47 bits per heavy atom. The average molecular weight is 240 g/mol. The number of carbonyl (C=O) groups is 1. The normalized spacial score (nSPS) is 12.1. The van der Waals surface area contributed by atoms with E-state index in [0.29, 0.717) is 13.1 Å². The maximum absolute atomic E-state index is 11.2. The van der Waals surface area contributed by atoms with Crippen LogP contribution in [0.5, 0.6) is 0 Å². The molecule has 96 valence electrons. The van der Waals surface area contributed by atoms with Crippen molar-refractivity contribution in [2.24, 2.45) is 0 Å². The second kappa shape index (κ2) is 4.87. The van der Waals surface area contributed by atoms with Crippen molar-refractivity contribution in [3.63, 3.8) is 0 Å². The fourth-order valence-electron chi connectivity index (χ4n) is 1.76. The summed E-state index contributed by atoms with van der Waals surface area (Å²) in [5.41, 5.74) is 0.897. The van der Waals surface area contributed by atoms with Crippen molar-refractivity contribution < 1.29 is 14.4 Å². The minimum atomic E-state index is -0.898. The lowest BCUT2D eigenvalue weighted by molar-refractivity contribution is -0.149. The van der Waals surface area contributed by atoms with Gasteiger partial charge in [-0.2, -0.15) is 0 Å². The number of aliphatic carboxylic acids is 1. The van der Waals surface area contributed by atoms with Gasteiger partial charge in [0.1, 0.15) is 11.3 Å². The lowest BCUT2D eigenvalue weighted by Gasteiger charge is -2.34. The molecule has 0 aliphatic carbocycles. The SMILES string of the molecule is CCN(Cc1c(C)noc1C)C(C)(C)C(=O)O. The molecule has 0 amide bonds. The highest BCUT2D eigenvalue weighted by molar-refractivity contribution is 5.77. The number of hydrogen-bond acceptors (Lipinski definition) is 4. The van der Waals surface area contributed by atoms with Crippen molar-refractivity contribution >= 4 is 5.97 Å². The zero-order chi connectivity index (χ0) is 13.2. The summed E-state index contributed by atoms with van der Waals surface area (Å²) in [6, 6.07) is 0. The van der Waals surface area contributed by atoms with Gasteiger partial charge in [0.15, 0.2) is 0 Å². The van der Waals surface area contributed by atoms with E-state index in [1.165, 1.54) is 0 Å². The molecule has 0 aliphatic heterocycles. The maximum atomic E-state index is 11.2. The molecule has 0 atom stereocenters. The van der Waals surface area contributed by atoms with Crippen LogP contribution < -0.4 is 0 Å². The van der Waals surface area contributed by atoms with E-state index in [1.807, 2.05) is 25.7 Å². The predicted molar refractivity (Wildman–Crippen MR) is 63.8 cm³/mol. The molecule has 0 radical (unpaired) electrons. The average Bonchev–Trinajstić information content (AvgIpc) is 2.55. The standard InChI is InChI=1S/C12H20N2O3/c1-6-14(12(4,5)11(15)16)7-10-8(2)13-17-9(10)3/h6-7H2,1-5H3,(H,15,16). The first kappa shape index (κ1) is 13.7. The lowest BCUT2D eigenvalue weighted by Crippen LogP contribution is -2.49. The summed E-state index contributed by atoms with van der Waals surface area (Å²) in [5, 5.41) is 13.1. The van der Waals surface area contributed by atoms with Crippen molar-refractivity contribution in [3.8, 4) is 0 Å². The van der Waals surface area contributed by atoms with Gasteiger partial charge in [-0.05, 0) is 34.2 Å².